The minimum Gasteiger partial charge on any atom is -0.378 e. The topological polar surface area (TPSA) is 99.9 Å². The van der Waals surface area contributed by atoms with Crippen LogP contribution in [0.2, 0.25) is 0 Å². The van der Waals surface area contributed by atoms with Crippen LogP contribution in [0.15, 0.2) is 24.5 Å². The van der Waals surface area contributed by atoms with E-state index >= 15 is 0 Å². The van der Waals surface area contributed by atoms with Crippen LogP contribution < -0.4 is 5.73 Å². The number of aromatic nitrogens is 3. The number of nitrogen functional groups attached to an aromatic ring is 1. The van der Waals surface area contributed by atoms with Crippen molar-refractivity contribution in [3.63, 3.8) is 0 Å². The van der Waals surface area contributed by atoms with E-state index in [1.54, 1.807) is 24.5 Å². The number of anilines is 1. The molecule has 0 saturated carbocycles. The average molecular weight is 275 g/mol. The van der Waals surface area contributed by atoms with Crippen molar-refractivity contribution in [1.82, 2.24) is 14.8 Å². The summed E-state index contributed by atoms with van der Waals surface area (Å²) in [6.45, 7) is 6.00. The minimum absolute atomic E-state index is 0.0421. The third kappa shape index (κ3) is 2.76. The summed E-state index contributed by atoms with van der Waals surface area (Å²) in [4.78, 5) is 14.7. The Bertz CT molecular complexity index is 628. The van der Waals surface area contributed by atoms with Gasteiger partial charge in [0.2, 0.25) is 5.82 Å². The molecule has 2 aromatic heterocycles. The predicted molar refractivity (Wildman–Crippen MR) is 75.6 cm³/mol. The molecule has 0 saturated heterocycles. The van der Waals surface area contributed by atoms with Crippen molar-refractivity contribution in [3.05, 3.63) is 40.3 Å². The quantitative estimate of drug-likeness (QED) is 0.684. The molecule has 7 nitrogen and oxygen atoms in total. The fourth-order valence-corrected chi connectivity index (χ4v) is 1.97. The van der Waals surface area contributed by atoms with Gasteiger partial charge in [-0.1, -0.05) is 20.8 Å². The van der Waals surface area contributed by atoms with E-state index in [1.165, 1.54) is 4.68 Å². The van der Waals surface area contributed by atoms with Crippen LogP contribution >= 0.6 is 0 Å². The highest BCUT2D eigenvalue weighted by Gasteiger charge is 2.29. The average Bonchev–Trinajstić information content (AvgIpc) is 2.65. The van der Waals surface area contributed by atoms with Crippen LogP contribution in [0.25, 0.3) is 5.69 Å². The van der Waals surface area contributed by atoms with Gasteiger partial charge in [-0.3, -0.25) is 15.1 Å². The summed E-state index contributed by atoms with van der Waals surface area (Å²) in [5.41, 5.74) is 6.72. The fourth-order valence-electron chi connectivity index (χ4n) is 1.97. The normalized spacial score (nSPS) is 11.6. The van der Waals surface area contributed by atoms with E-state index in [0.29, 0.717) is 17.8 Å². The first-order chi connectivity index (χ1) is 9.29. The molecule has 0 amide bonds. The number of hydrogen-bond acceptors (Lipinski definition) is 5. The second-order valence-electron chi connectivity index (χ2n) is 5.79. The molecule has 0 radical (unpaired) electrons. The van der Waals surface area contributed by atoms with E-state index in [2.05, 4.69) is 10.1 Å². The molecule has 0 aliphatic heterocycles. The second-order valence-corrected chi connectivity index (χ2v) is 5.79. The Morgan fingerprint density at radius 3 is 2.45 bits per heavy atom. The van der Waals surface area contributed by atoms with Gasteiger partial charge < -0.3 is 5.73 Å². The highest BCUT2D eigenvalue weighted by molar-refractivity contribution is 5.60. The molecule has 2 rings (SSSR count). The van der Waals surface area contributed by atoms with Crippen molar-refractivity contribution in [2.45, 2.75) is 27.2 Å². The lowest BCUT2D eigenvalue weighted by Crippen LogP contribution is -2.11. The Morgan fingerprint density at radius 2 is 1.95 bits per heavy atom. The number of nitro groups is 1. The zero-order valence-electron chi connectivity index (χ0n) is 11.7. The first kappa shape index (κ1) is 14.0. The zero-order chi connectivity index (χ0) is 14.9. The fraction of sp³-hybridized carbons (Fsp3) is 0.385. The van der Waals surface area contributed by atoms with Crippen molar-refractivity contribution < 1.29 is 4.92 Å². The Kier molecular flexibility index (Phi) is 3.44. The first-order valence-electron chi connectivity index (χ1n) is 6.22. The van der Waals surface area contributed by atoms with Gasteiger partial charge in [-0.05, 0) is 17.5 Å². The number of pyridine rings is 1. The molecule has 0 aliphatic rings. The maximum absolute atomic E-state index is 11.2. The van der Waals surface area contributed by atoms with Crippen LogP contribution in [0.5, 0.6) is 0 Å². The van der Waals surface area contributed by atoms with Crippen molar-refractivity contribution >= 4 is 11.5 Å². The number of nitrogens with zero attached hydrogens (tertiary/aromatic N) is 4. The monoisotopic (exact) mass is 275 g/mol. The number of nitrogens with two attached hydrogens (primary N) is 1. The molecule has 2 aromatic rings. The van der Waals surface area contributed by atoms with Gasteiger partial charge in [0.05, 0.1) is 10.6 Å². The van der Waals surface area contributed by atoms with Gasteiger partial charge in [-0.25, -0.2) is 4.68 Å². The van der Waals surface area contributed by atoms with Gasteiger partial charge in [-0.2, -0.15) is 5.10 Å². The lowest BCUT2D eigenvalue weighted by Gasteiger charge is -2.15. The van der Waals surface area contributed by atoms with Crippen LogP contribution in [-0.4, -0.2) is 19.7 Å². The molecule has 0 bridgehead atoms. The van der Waals surface area contributed by atoms with Crippen molar-refractivity contribution in [3.8, 4) is 5.69 Å². The van der Waals surface area contributed by atoms with Gasteiger partial charge in [0.1, 0.15) is 5.69 Å². The Balaban J connectivity index is 2.56. The first-order valence-corrected chi connectivity index (χ1v) is 6.22. The molecule has 0 unspecified atom stereocenters. The molecular formula is C13H17N5O2. The summed E-state index contributed by atoms with van der Waals surface area (Å²) in [6.07, 6.45) is 3.66. The lowest BCUT2D eigenvalue weighted by molar-refractivity contribution is -0.384. The highest BCUT2D eigenvalue weighted by Crippen LogP contribution is 2.32. The number of rotatable bonds is 3. The standard InChI is InChI=1S/C13H17N5O2/c1-13(2,3)8-10-11(18(19)20)12(14)17(16-10)9-4-6-15-7-5-9/h4-7H,8,14H2,1-3H3. The smallest absolute Gasteiger partial charge is 0.334 e. The highest BCUT2D eigenvalue weighted by atomic mass is 16.6. The van der Waals surface area contributed by atoms with E-state index < -0.39 is 4.92 Å². The SMILES string of the molecule is CC(C)(C)Cc1nn(-c2ccncc2)c(N)c1[N+](=O)[O-]. The van der Waals surface area contributed by atoms with Crippen LogP contribution in [0.3, 0.4) is 0 Å². The molecule has 20 heavy (non-hydrogen) atoms. The third-order valence-corrected chi connectivity index (χ3v) is 2.75. The molecule has 2 N–H and O–H groups in total. The Morgan fingerprint density at radius 1 is 1.35 bits per heavy atom. The van der Waals surface area contributed by atoms with Gasteiger partial charge in [-0.15, -0.1) is 0 Å². The number of hydrogen-bond donors (Lipinski definition) is 1. The van der Waals surface area contributed by atoms with Gasteiger partial charge in [0.15, 0.2) is 0 Å². The molecule has 0 fully saturated rings. The summed E-state index contributed by atoms with van der Waals surface area (Å²) < 4.78 is 1.39. The van der Waals surface area contributed by atoms with Crippen molar-refractivity contribution in [2.24, 2.45) is 5.41 Å². The van der Waals surface area contributed by atoms with E-state index in [1.807, 2.05) is 20.8 Å². The van der Waals surface area contributed by atoms with Gasteiger partial charge in [0, 0.05) is 18.8 Å². The molecule has 2 heterocycles. The van der Waals surface area contributed by atoms with Crippen LogP contribution in [-0.2, 0) is 6.42 Å². The van der Waals surface area contributed by atoms with Crippen LogP contribution in [0, 0.1) is 15.5 Å². The third-order valence-electron chi connectivity index (χ3n) is 2.75. The van der Waals surface area contributed by atoms with Crippen molar-refractivity contribution in [1.29, 1.82) is 0 Å². The second kappa shape index (κ2) is 4.92. The van der Waals surface area contributed by atoms with E-state index in [0.717, 1.165) is 0 Å². The Hall–Kier alpha value is -2.44. The maximum Gasteiger partial charge on any atom is 0.334 e. The summed E-state index contributed by atoms with van der Waals surface area (Å²) in [7, 11) is 0. The molecule has 0 spiro atoms. The van der Waals surface area contributed by atoms with Crippen LogP contribution in [0.1, 0.15) is 26.5 Å². The maximum atomic E-state index is 11.2. The molecule has 0 aromatic carbocycles. The summed E-state index contributed by atoms with van der Waals surface area (Å²) >= 11 is 0. The summed E-state index contributed by atoms with van der Waals surface area (Å²) in [6, 6.07) is 3.40. The van der Waals surface area contributed by atoms with Crippen LogP contribution in [0.4, 0.5) is 11.5 Å². The summed E-state index contributed by atoms with van der Waals surface area (Å²) in [5.74, 6) is 0.0421. The molecule has 106 valence electrons. The van der Waals surface area contributed by atoms with Gasteiger partial charge >= 0.3 is 5.69 Å². The summed E-state index contributed by atoms with van der Waals surface area (Å²) in [5, 5.41) is 15.5. The molecular weight excluding hydrogens is 258 g/mol. The van der Waals surface area contributed by atoms with E-state index in [4.69, 9.17) is 5.73 Å². The van der Waals surface area contributed by atoms with E-state index in [-0.39, 0.29) is 16.9 Å². The minimum atomic E-state index is -0.471. The Labute approximate surface area is 116 Å². The van der Waals surface area contributed by atoms with E-state index in [9.17, 15) is 10.1 Å². The van der Waals surface area contributed by atoms with Gasteiger partial charge in [0.25, 0.3) is 0 Å². The van der Waals surface area contributed by atoms with Crippen molar-refractivity contribution in [2.75, 3.05) is 5.73 Å². The molecule has 7 heteroatoms. The lowest BCUT2D eigenvalue weighted by atomic mass is 9.90. The zero-order valence-corrected chi connectivity index (χ0v) is 11.7. The predicted octanol–water partition coefficient (Wildman–Crippen LogP) is 2.35. The molecule has 0 aliphatic carbocycles. The largest absolute Gasteiger partial charge is 0.378 e. The molecule has 0 atom stereocenters.